The molecule has 1 aromatic heterocycles. The van der Waals surface area contributed by atoms with Crippen LogP contribution < -0.4 is 0 Å². The maximum absolute atomic E-state index is 13.7. The van der Waals surface area contributed by atoms with Gasteiger partial charge in [-0.25, -0.2) is 4.79 Å². The van der Waals surface area contributed by atoms with Gasteiger partial charge in [-0.2, -0.15) is 11.8 Å². The zero-order valence-corrected chi connectivity index (χ0v) is 25.8. The third kappa shape index (κ3) is 6.74. The third-order valence-corrected chi connectivity index (χ3v) is 8.59. The van der Waals surface area contributed by atoms with Crippen molar-refractivity contribution in [2.75, 3.05) is 5.75 Å². The fraction of sp³-hybridized carbons (Fsp3) is 0.200. The molecule has 0 spiro atoms. The molecule has 5 aromatic rings. The van der Waals surface area contributed by atoms with Crippen molar-refractivity contribution in [3.63, 3.8) is 0 Å². The van der Waals surface area contributed by atoms with Crippen LogP contribution >= 0.6 is 23.4 Å². The molecule has 5 rings (SSSR count). The Bertz CT molecular complexity index is 1870. The highest BCUT2D eigenvalue weighted by Gasteiger charge is 2.20. The van der Waals surface area contributed by atoms with Crippen LogP contribution in [0.5, 0.6) is 0 Å². The van der Waals surface area contributed by atoms with Crippen LogP contribution in [0.4, 0.5) is 0 Å². The van der Waals surface area contributed by atoms with Crippen LogP contribution in [0.1, 0.15) is 57.7 Å². The molecule has 4 aromatic carbocycles. The van der Waals surface area contributed by atoms with Crippen molar-refractivity contribution in [1.29, 1.82) is 0 Å². The maximum atomic E-state index is 13.7. The summed E-state index contributed by atoms with van der Waals surface area (Å²) in [7, 11) is 0. The number of benzene rings is 4. The minimum Gasteiger partial charge on any atom is -0.341 e. The molecule has 0 unspecified atom stereocenters. The van der Waals surface area contributed by atoms with Gasteiger partial charge in [-0.05, 0) is 79.3 Å². The summed E-state index contributed by atoms with van der Waals surface area (Å²) in [5, 5.41) is 6.38. The van der Waals surface area contributed by atoms with Gasteiger partial charge in [0.15, 0.2) is 5.78 Å². The van der Waals surface area contributed by atoms with Gasteiger partial charge >= 0.3 is 5.97 Å². The zero-order valence-electron chi connectivity index (χ0n) is 24.2. The summed E-state index contributed by atoms with van der Waals surface area (Å²) in [6.07, 6.45) is 0.328. The number of oxime groups is 1. The lowest BCUT2D eigenvalue weighted by Gasteiger charge is -2.07. The first kappa shape index (κ1) is 30.3. The van der Waals surface area contributed by atoms with E-state index in [2.05, 4.69) is 16.6 Å². The molecule has 0 atom stereocenters. The predicted molar refractivity (Wildman–Crippen MR) is 175 cm³/mol. The monoisotopic (exact) mass is 610 g/mol. The Kier molecular flexibility index (Phi) is 9.43. The van der Waals surface area contributed by atoms with E-state index in [1.807, 2.05) is 85.8 Å². The van der Waals surface area contributed by atoms with Crippen LogP contribution in [-0.2, 0) is 21.9 Å². The Balaban J connectivity index is 1.45. The van der Waals surface area contributed by atoms with Gasteiger partial charge < -0.3 is 9.40 Å². The molecule has 0 fully saturated rings. The number of aromatic nitrogens is 1. The molecule has 43 heavy (non-hydrogen) atoms. The Labute approximate surface area is 259 Å². The van der Waals surface area contributed by atoms with Crippen LogP contribution in [0.25, 0.3) is 21.8 Å². The van der Waals surface area contributed by atoms with Crippen LogP contribution in [-0.4, -0.2) is 33.6 Å². The average molecular weight is 611 g/mol. The van der Waals surface area contributed by atoms with Crippen molar-refractivity contribution in [3.05, 3.63) is 118 Å². The van der Waals surface area contributed by atoms with E-state index in [1.165, 1.54) is 6.92 Å². The fourth-order valence-electron chi connectivity index (χ4n) is 5.14. The number of carbonyl (C=O) groups is 3. The van der Waals surface area contributed by atoms with Crippen molar-refractivity contribution < 1.29 is 19.2 Å². The number of Topliss-reactive ketones (excluding diaryl/α,β-unsaturated/α-hetero) is 1. The second kappa shape index (κ2) is 13.4. The van der Waals surface area contributed by atoms with E-state index >= 15 is 0 Å². The highest BCUT2D eigenvalue weighted by molar-refractivity contribution is 7.98. The number of thioether (sulfide) groups is 1. The molecule has 0 saturated heterocycles. The average Bonchev–Trinajstić information content (AvgIpc) is 3.33. The minimum atomic E-state index is -0.591. The summed E-state index contributed by atoms with van der Waals surface area (Å²) in [5.41, 5.74) is 5.85. The second-order valence-electron chi connectivity index (χ2n) is 10.2. The van der Waals surface area contributed by atoms with Gasteiger partial charge in [0.1, 0.15) is 5.71 Å². The van der Waals surface area contributed by atoms with E-state index in [4.69, 9.17) is 16.4 Å². The Morgan fingerprint density at radius 1 is 0.884 bits per heavy atom. The Hall–Kier alpha value is -4.20. The lowest BCUT2D eigenvalue weighted by Crippen LogP contribution is -2.17. The molecule has 0 radical (unpaired) electrons. The molecule has 0 amide bonds. The molecule has 0 N–H and O–H groups in total. The van der Waals surface area contributed by atoms with E-state index in [9.17, 15) is 14.4 Å². The van der Waals surface area contributed by atoms with E-state index in [1.54, 1.807) is 17.8 Å². The number of fused-ring (bicyclic) bond motifs is 3. The number of aryl methyl sites for hydroxylation is 2. The van der Waals surface area contributed by atoms with Crippen molar-refractivity contribution in [2.45, 2.75) is 39.5 Å². The summed E-state index contributed by atoms with van der Waals surface area (Å²) in [5.74, 6) is 0.414. The van der Waals surface area contributed by atoms with Crippen molar-refractivity contribution in [3.8, 4) is 0 Å². The predicted octanol–water partition coefficient (Wildman–Crippen LogP) is 8.43. The number of hydrogen-bond donors (Lipinski definition) is 0. The SMILES string of the molecule is CCn1c2ccc(C(=O)/C(CCSCc3ccc(Cl)cc3)=N/OC(C)=O)cc2c2cc(C(=O)c3ccccc3C)ccc21. The van der Waals surface area contributed by atoms with Crippen molar-refractivity contribution in [2.24, 2.45) is 5.16 Å². The molecule has 218 valence electrons. The number of carbonyl (C=O) groups excluding carboxylic acids is 3. The summed E-state index contributed by atoms with van der Waals surface area (Å²) >= 11 is 7.63. The van der Waals surface area contributed by atoms with Crippen LogP contribution in [0.2, 0.25) is 5.02 Å². The lowest BCUT2D eigenvalue weighted by molar-refractivity contribution is -0.140. The third-order valence-electron chi connectivity index (χ3n) is 7.31. The molecule has 8 heteroatoms. The van der Waals surface area contributed by atoms with E-state index in [-0.39, 0.29) is 17.3 Å². The van der Waals surface area contributed by atoms with Crippen LogP contribution in [0, 0.1) is 6.92 Å². The molecule has 0 saturated carbocycles. The molecule has 0 aliphatic carbocycles. The summed E-state index contributed by atoms with van der Waals surface area (Å²) in [6, 6.07) is 26.5. The molecule has 0 aliphatic rings. The van der Waals surface area contributed by atoms with Gasteiger partial charge in [-0.15, -0.1) is 0 Å². The molecular formula is C35H31ClN2O4S. The largest absolute Gasteiger partial charge is 0.341 e. The van der Waals surface area contributed by atoms with E-state index < -0.39 is 5.97 Å². The van der Waals surface area contributed by atoms with Crippen LogP contribution in [0.15, 0.2) is 90.1 Å². The standard InChI is InChI=1S/C35H31ClN2O4S/c1-4-38-32-15-11-25(34(40)28-8-6-5-7-22(28)2)19-29(32)30-20-26(12-16-33(30)38)35(41)31(37-42-23(3)39)17-18-43-21-24-9-13-27(36)14-10-24/h5-16,19-20H,4,17-18,21H2,1-3H3/b37-31+. The van der Waals surface area contributed by atoms with E-state index in [0.29, 0.717) is 33.9 Å². The minimum absolute atomic E-state index is 0.0449. The zero-order chi connectivity index (χ0) is 30.5. The molecular weight excluding hydrogens is 580 g/mol. The lowest BCUT2D eigenvalue weighted by atomic mass is 9.97. The van der Waals surface area contributed by atoms with Crippen LogP contribution in [0.3, 0.4) is 0 Å². The summed E-state index contributed by atoms with van der Waals surface area (Å²) in [4.78, 5) is 43.6. The first-order chi connectivity index (χ1) is 20.8. The Morgan fingerprint density at radius 2 is 1.53 bits per heavy atom. The summed E-state index contributed by atoms with van der Waals surface area (Å²) < 4.78 is 2.17. The topological polar surface area (TPSA) is 77.7 Å². The first-order valence-electron chi connectivity index (χ1n) is 14.0. The second-order valence-corrected chi connectivity index (χ2v) is 11.8. The van der Waals surface area contributed by atoms with Crippen molar-refractivity contribution in [1.82, 2.24) is 4.57 Å². The maximum Gasteiger partial charge on any atom is 0.331 e. The van der Waals surface area contributed by atoms with Gasteiger partial charge in [-0.3, -0.25) is 9.59 Å². The molecule has 6 nitrogen and oxygen atoms in total. The smallest absolute Gasteiger partial charge is 0.331 e. The van der Waals surface area contributed by atoms with E-state index in [0.717, 1.165) is 45.2 Å². The fourth-order valence-corrected chi connectivity index (χ4v) is 6.17. The molecule has 1 heterocycles. The highest BCUT2D eigenvalue weighted by atomic mass is 35.5. The highest BCUT2D eigenvalue weighted by Crippen LogP contribution is 2.32. The number of rotatable bonds is 11. The van der Waals surface area contributed by atoms with Crippen molar-refractivity contribution >= 4 is 68.4 Å². The van der Waals surface area contributed by atoms with Gasteiger partial charge in [0, 0.05) is 69.2 Å². The molecule has 0 bridgehead atoms. The first-order valence-corrected chi connectivity index (χ1v) is 15.6. The number of nitrogens with zero attached hydrogens (tertiary/aromatic N) is 2. The number of ketones is 2. The van der Waals surface area contributed by atoms with Gasteiger partial charge in [0.05, 0.1) is 0 Å². The Morgan fingerprint density at radius 3 is 2.19 bits per heavy atom. The number of halogens is 1. The number of hydrogen-bond acceptors (Lipinski definition) is 6. The van der Waals surface area contributed by atoms with Gasteiger partial charge in [-0.1, -0.05) is 53.2 Å². The quantitative estimate of drug-likeness (QED) is 0.0493. The van der Waals surface area contributed by atoms with Gasteiger partial charge in [0.25, 0.3) is 0 Å². The van der Waals surface area contributed by atoms with Gasteiger partial charge in [0.2, 0.25) is 5.78 Å². The summed E-state index contributed by atoms with van der Waals surface area (Å²) in [6.45, 7) is 5.97. The molecule has 0 aliphatic heterocycles. The normalized spacial score (nSPS) is 11.7.